The third-order valence-electron chi connectivity index (χ3n) is 8.65. The van der Waals surface area contributed by atoms with Gasteiger partial charge in [0.2, 0.25) is 0 Å². The van der Waals surface area contributed by atoms with Gasteiger partial charge in [0.05, 0.1) is 19.6 Å². The Bertz CT molecular complexity index is 328. The molecule has 0 aromatic rings. The van der Waals surface area contributed by atoms with Crippen molar-refractivity contribution in [2.24, 2.45) is 0 Å². The highest BCUT2D eigenvalue weighted by atomic mass is 35.5. The highest BCUT2D eigenvalue weighted by Crippen LogP contribution is 2.12. The van der Waals surface area contributed by atoms with Crippen LogP contribution in [0.25, 0.3) is 0 Å². The summed E-state index contributed by atoms with van der Waals surface area (Å²) in [6, 6.07) is 0. The lowest BCUT2D eigenvalue weighted by Gasteiger charge is -2.20. The van der Waals surface area contributed by atoms with Crippen LogP contribution in [-0.4, -0.2) is 19.6 Å². The second-order valence-corrected chi connectivity index (χ2v) is 12.5. The molecule has 0 atom stereocenters. The maximum atomic E-state index is 2.32. The smallest absolute Gasteiger partial charge is 0.0770 e. The summed E-state index contributed by atoms with van der Waals surface area (Å²) in [5.74, 6) is 0. The molecule has 1 nitrogen and oxygen atoms in total. The second-order valence-electron chi connectivity index (χ2n) is 12.5. The van der Waals surface area contributed by atoms with Crippen LogP contribution in [0.2, 0.25) is 0 Å². The maximum absolute atomic E-state index is 2.32. The van der Waals surface area contributed by atoms with E-state index in [9.17, 15) is 0 Å². The van der Waals surface area contributed by atoms with Crippen LogP contribution in [0, 0.1) is 0 Å². The zero-order valence-corrected chi connectivity index (χ0v) is 28.0. The SMILES string of the molecule is CCCCCCCCCCCC[NH+](CCCCCCCCCCCC)CCCCCCCCCCCC.[Cl-]. The molecule has 0 aliphatic carbocycles. The lowest BCUT2D eigenvalue weighted by atomic mass is 10.1. The molecule has 0 spiro atoms. The highest BCUT2D eigenvalue weighted by molar-refractivity contribution is 4.51. The molecule has 0 radical (unpaired) electrons. The van der Waals surface area contributed by atoms with Gasteiger partial charge in [-0.15, -0.1) is 0 Å². The van der Waals surface area contributed by atoms with Crippen molar-refractivity contribution in [3.05, 3.63) is 0 Å². The fraction of sp³-hybridized carbons (Fsp3) is 1.00. The van der Waals surface area contributed by atoms with Crippen molar-refractivity contribution < 1.29 is 17.3 Å². The monoisotopic (exact) mass is 558 g/mol. The highest BCUT2D eigenvalue weighted by Gasteiger charge is 2.08. The van der Waals surface area contributed by atoms with Crippen molar-refractivity contribution in [3.8, 4) is 0 Å². The van der Waals surface area contributed by atoms with Gasteiger partial charge in [-0.1, -0.05) is 175 Å². The van der Waals surface area contributed by atoms with Crippen molar-refractivity contribution in [2.45, 2.75) is 213 Å². The van der Waals surface area contributed by atoms with Crippen molar-refractivity contribution in [3.63, 3.8) is 0 Å². The van der Waals surface area contributed by atoms with E-state index in [1.54, 1.807) is 0 Å². The molecule has 0 saturated carbocycles. The fourth-order valence-corrected chi connectivity index (χ4v) is 5.96. The summed E-state index contributed by atoms with van der Waals surface area (Å²) in [6.07, 6.45) is 43.9. The molecule has 1 N–H and O–H groups in total. The molecule has 0 heterocycles. The van der Waals surface area contributed by atoms with E-state index in [1.807, 2.05) is 4.90 Å². The second kappa shape index (κ2) is 37.2. The first-order valence-corrected chi connectivity index (χ1v) is 18.2. The summed E-state index contributed by atoms with van der Waals surface area (Å²) < 4.78 is 0. The van der Waals surface area contributed by atoms with Crippen LogP contribution >= 0.6 is 0 Å². The summed E-state index contributed by atoms with van der Waals surface area (Å²) in [6.45, 7) is 11.3. The summed E-state index contributed by atoms with van der Waals surface area (Å²) in [5.41, 5.74) is 0. The average Bonchev–Trinajstić information content (AvgIpc) is 2.91. The molecule has 0 saturated heterocycles. The first-order chi connectivity index (χ1) is 18.3. The van der Waals surface area contributed by atoms with Crippen LogP contribution in [-0.2, 0) is 0 Å². The number of halogens is 1. The summed E-state index contributed by atoms with van der Waals surface area (Å²) in [4.78, 5) is 1.94. The lowest BCUT2D eigenvalue weighted by Crippen LogP contribution is -3.12. The number of unbranched alkanes of at least 4 members (excludes halogenated alkanes) is 27. The minimum atomic E-state index is 0. The van der Waals surface area contributed by atoms with E-state index in [1.165, 1.54) is 212 Å². The summed E-state index contributed by atoms with van der Waals surface area (Å²) >= 11 is 0. The van der Waals surface area contributed by atoms with Crippen LogP contribution in [0.5, 0.6) is 0 Å². The molecule has 0 amide bonds. The Morgan fingerprint density at radius 2 is 0.395 bits per heavy atom. The van der Waals surface area contributed by atoms with Gasteiger partial charge in [0.25, 0.3) is 0 Å². The number of rotatable bonds is 33. The van der Waals surface area contributed by atoms with Crippen LogP contribution in [0.1, 0.15) is 213 Å². The average molecular weight is 558 g/mol. The molecule has 0 aliphatic rings. The van der Waals surface area contributed by atoms with Gasteiger partial charge >= 0.3 is 0 Å². The molecule has 0 aromatic carbocycles. The van der Waals surface area contributed by atoms with E-state index >= 15 is 0 Å². The molecule has 0 unspecified atom stereocenters. The number of hydrogen-bond donors (Lipinski definition) is 1. The molecule has 0 aliphatic heterocycles. The van der Waals surface area contributed by atoms with Crippen LogP contribution in [0.4, 0.5) is 0 Å². The molecule has 0 fully saturated rings. The van der Waals surface area contributed by atoms with Crippen LogP contribution < -0.4 is 17.3 Å². The standard InChI is InChI=1S/C36H75N.ClH/c1-4-7-10-13-16-19-22-25-28-31-34-37(35-32-29-26-23-20-17-14-11-8-5-2)36-33-30-27-24-21-18-15-12-9-6-3;/h4-36H2,1-3H3;1H. The molecule has 2 heteroatoms. The molecule has 38 heavy (non-hydrogen) atoms. The molecule has 0 rings (SSSR count). The van der Waals surface area contributed by atoms with Gasteiger partial charge in [-0.05, 0) is 38.5 Å². The zero-order chi connectivity index (χ0) is 26.9. The Balaban J connectivity index is 0. The minimum absolute atomic E-state index is 0. The van der Waals surface area contributed by atoms with Gasteiger partial charge in [-0.3, -0.25) is 0 Å². The number of nitrogens with one attached hydrogen (secondary N) is 1. The van der Waals surface area contributed by atoms with Gasteiger partial charge in [-0.25, -0.2) is 0 Å². The third-order valence-corrected chi connectivity index (χ3v) is 8.65. The van der Waals surface area contributed by atoms with Crippen molar-refractivity contribution in [1.82, 2.24) is 0 Å². The molecule has 0 aromatic heterocycles. The quantitative estimate of drug-likeness (QED) is 0.0770. The zero-order valence-electron chi connectivity index (χ0n) is 27.2. The van der Waals surface area contributed by atoms with Gasteiger partial charge < -0.3 is 17.3 Å². The normalized spacial score (nSPS) is 11.4. The largest absolute Gasteiger partial charge is 1.00 e. The van der Waals surface area contributed by atoms with Gasteiger partial charge in [0.1, 0.15) is 0 Å². The van der Waals surface area contributed by atoms with Gasteiger partial charge in [0, 0.05) is 0 Å². The maximum Gasteiger partial charge on any atom is 0.0770 e. The Kier molecular flexibility index (Phi) is 39.6. The molecule has 232 valence electrons. The van der Waals surface area contributed by atoms with Gasteiger partial charge in [0.15, 0.2) is 0 Å². The first kappa shape index (κ1) is 40.4. The van der Waals surface area contributed by atoms with Crippen LogP contribution in [0.3, 0.4) is 0 Å². The number of quaternary nitrogens is 1. The van der Waals surface area contributed by atoms with Crippen LogP contribution in [0.15, 0.2) is 0 Å². The predicted octanol–water partition coefficient (Wildman–Crippen LogP) is 8.64. The van der Waals surface area contributed by atoms with Crippen molar-refractivity contribution in [2.75, 3.05) is 19.6 Å². The number of hydrogen-bond acceptors (Lipinski definition) is 0. The molecular formula is C36H76ClN. The Morgan fingerprint density at radius 3 is 0.579 bits per heavy atom. The summed E-state index contributed by atoms with van der Waals surface area (Å²) in [5, 5.41) is 0. The van der Waals surface area contributed by atoms with E-state index in [4.69, 9.17) is 0 Å². The van der Waals surface area contributed by atoms with E-state index in [0.717, 1.165) is 0 Å². The van der Waals surface area contributed by atoms with E-state index < -0.39 is 0 Å². The first-order valence-electron chi connectivity index (χ1n) is 18.2. The van der Waals surface area contributed by atoms with E-state index in [0.29, 0.717) is 0 Å². The van der Waals surface area contributed by atoms with Gasteiger partial charge in [-0.2, -0.15) is 0 Å². The van der Waals surface area contributed by atoms with Crippen molar-refractivity contribution >= 4 is 0 Å². The van der Waals surface area contributed by atoms with E-state index in [2.05, 4.69) is 20.8 Å². The topological polar surface area (TPSA) is 4.44 Å². The minimum Gasteiger partial charge on any atom is -1.00 e. The Labute approximate surface area is 249 Å². The fourth-order valence-electron chi connectivity index (χ4n) is 5.96. The summed E-state index contributed by atoms with van der Waals surface area (Å²) in [7, 11) is 0. The molecule has 0 bridgehead atoms. The van der Waals surface area contributed by atoms with Crippen molar-refractivity contribution in [1.29, 1.82) is 0 Å². The third kappa shape index (κ3) is 34.3. The predicted molar refractivity (Wildman–Crippen MR) is 171 cm³/mol. The lowest BCUT2D eigenvalue weighted by molar-refractivity contribution is -0.900. The Morgan fingerprint density at radius 1 is 0.237 bits per heavy atom. The molecular weight excluding hydrogens is 482 g/mol. The van der Waals surface area contributed by atoms with E-state index in [-0.39, 0.29) is 12.4 Å². The Hall–Kier alpha value is 0.250.